The lowest BCUT2D eigenvalue weighted by molar-refractivity contribution is 0.975. The van der Waals surface area contributed by atoms with Gasteiger partial charge in [0, 0.05) is 17.8 Å². The van der Waals surface area contributed by atoms with Gasteiger partial charge in [-0.3, -0.25) is 5.10 Å². The number of nitrogens with one attached hydrogen (secondary N) is 2. The molecule has 0 atom stereocenters. The highest BCUT2D eigenvalue weighted by molar-refractivity contribution is 6.32. The van der Waals surface area contributed by atoms with Crippen LogP contribution in [0.25, 0.3) is 0 Å². The number of hydrogen-bond donors (Lipinski definition) is 2. The second-order valence-electron chi connectivity index (χ2n) is 3.10. The molecule has 2 aromatic heterocycles. The first-order valence-electron chi connectivity index (χ1n) is 4.68. The maximum atomic E-state index is 5.75. The largest absolute Gasteiger partial charge is 0.323 e. The lowest BCUT2D eigenvalue weighted by Gasteiger charge is -2.01. The Morgan fingerprint density at radius 2 is 2.06 bits per heavy atom. The van der Waals surface area contributed by atoms with Gasteiger partial charge in [-0.15, -0.1) is 0 Å². The van der Waals surface area contributed by atoms with Crippen molar-refractivity contribution >= 4 is 34.8 Å². The Hall–Kier alpha value is -1.33. The molecule has 0 aliphatic carbocycles. The minimum Gasteiger partial charge on any atom is -0.323 e. The highest BCUT2D eigenvalue weighted by atomic mass is 35.5. The van der Waals surface area contributed by atoms with Gasteiger partial charge in [-0.05, 0) is 18.0 Å². The fraction of sp³-hybridized carbons (Fsp3) is 0.222. The number of aryl methyl sites for hydroxylation is 1. The van der Waals surface area contributed by atoms with Crippen LogP contribution < -0.4 is 5.32 Å². The summed E-state index contributed by atoms with van der Waals surface area (Å²) in [6, 6.07) is 3.47. The van der Waals surface area contributed by atoms with E-state index in [0.717, 1.165) is 12.1 Å². The molecule has 0 radical (unpaired) electrons. The minimum atomic E-state index is 0.0984. The summed E-state index contributed by atoms with van der Waals surface area (Å²) in [5, 5.41) is 10.3. The molecule has 2 heterocycles. The number of aromatic amines is 1. The molecular weight excluding hydrogens is 249 g/mol. The van der Waals surface area contributed by atoms with Crippen molar-refractivity contribution in [2.75, 3.05) is 5.32 Å². The van der Waals surface area contributed by atoms with Gasteiger partial charge in [0.1, 0.15) is 11.0 Å². The van der Waals surface area contributed by atoms with Crippen molar-refractivity contribution < 1.29 is 0 Å². The summed E-state index contributed by atoms with van der Waals surface area (Å²) < 4.78 is 0. The number of anilines is 2. The molecule has 0 saturated carbocycles. The Bertz CT molecular complexity index is 476. The Balaban J connectivity index is 2.19. The molecule has 0 fully saturated rings. The number of halogens is 2. The van der Waals surface area contributed by atoms with Gasteiger partial charge < -0.3 is 5.32 Å². The average molecular weight is 258 g/mol. The molecule has 2 aromatic rings. The third-order valence-electron chi connectivity index (χ3n) is 1.94. The van der Waals surface area contributed by atoms with E-state index in [1.54, 1.807) is 6.07 Å². The fourth-order valence-electron chi connectivity index (χ4n) is 1.19. The van der Waals surface area contributed by atoms with Gasteiger partial charge in [-0.1, -0.05) is 18.5 Å². The SMILES string of the molecule is CCc1cc(Nc2cc(Cl)nc(Cl)n2)n[nH]1. The number of nitrogens with zero attached hydrogens (tertiary/aromatic N) is 3. The van der Waals surface area contributed by atoms with Crippen LogP contribution in [0.1, 0.15) is 12.6 Å². The first-order valence-corrected chi connectivity index (χ1v) is 5.44. The zero-order valence-corrected chi connectivity index (χ0v) is 9.97. The van der Waals surface area contributed by atoms with Crippen molar-refractivity contribution in [2.45, 2.75) is 13.3 Å². The number of aromatic nitrogens is 4. The van der Waals surface area contributed by atoms with Crippen LogP contribution in [-0.2, 0) is 6.42 Å². The predicted octanol–water partition coefficient (Wildman–Crippen LogP) is 2.81. The van der Waals surface area contributed by atoms with E-state index < -0.39 is 0 Å². The fourth-order valence-corrected chi connectivity index (χ4v) is 1.60. The summed E-state index contributed by atoms with van der Waals surface area (Å²) in [5.41, 5.74) is 1.04. The van der Waals surface area contributed by atoms with Gasteiger partial charge in [0.15, 0.2) is 5.82 Å². The van der Waals surface area contributed by atoms with E-state index >= 15 is 0 Å². The van der Waals surface area contributed by atoms with Gasteiger partial charge in [-0.25, -0.2) is 9.97 Å². The first kappa shape index (κ1) is 11.2. The first-order chi connectivity index (χ1) is 7.67. The highest BCUT2D eigenvalue weighted by Gasteiger charge is 2.04. The topological polar surface area (TPSA) is 66.5 Å². The van der Waals surface area contributed by atoms with Crippen LogP contribution in [-0.4, -0.2) is 20.2 Å². The molecule has 2 rings (SSSR count). The Morgan fingerprint density at radius 3 is 2.69 bits per heavy atom. The molecule has 0 aliphatic rings. The summed E-state index contributed by atoms with van der Waals surface area (Å²) in [7, 11) is 0. The molecule has 5 nitrogen and oxygen atoms in total. The summed E-state index contributed by atoms with van der Waals surface area (Å²) in [4.78, 5) is 7.72. The van der Waals surface area contributed by atoms with E-state index in [0.29, 0.717) is 11.6 Å². The zero-order valence-electron chi connectivity index (χ0n) is 8.46. The molecule has 0 bridgehead atoms. The number of rotatable bonds is 3. The van der Waals surface area contributed by atoms with Crippen molar-refractivity contribution in [3.05, 3.63) is 28.3 Å². The van der Waals surface area contributed by atoms with E-state index in [9.17, 15) is 0 Å². The molecule has 0 aromatic carbocycles. The molecule has 0 saturated heterocycles. The Labute approximate surface area is 102 Å². The quantitative estimate of drug-likeness (QED) is 0.656. The molecule has 0 spiro atoms. The third-order valence-corrected chi connectivity index (χ3v) is 2.30. The van der Waals surface area contributed by atoms with E-state index in [-0.39, 0.29) is 10.4 Å². The molecule has 0 unspecified atom stereocenters. The normalized spacial score (nSPS) is 10.4. The van der Waals surface area contributed by atoms with Crippen LogP contribution in [0.5, 0.6) is 0 Å². The van der Waals surface area contributed by atoms with Crippen molar-refractivity contribution in [3.63, 3.8) is 0 Å². The van der Waals surface area contributed by atoms with Crippen LogP contribution in [0.15, 0.2) is 12.1 Å². The van der Waals surface area contributed by atoms with Crippen LogP contribution >= 0.6 is 23.2 Å². The second kappa shape index (κ2) is 4.67. The van der Waals surface area contributed by atoms with E-state index in [1.807, 2.05) is 13.0 Å². The number of hydrogen-bond acceptors (Lipinski definition) is 4. The molecule has 0 amide bonds. The van der Waals surface area contributed by atoms with Crippen molar-refractivity contribution in [3.8, 4) is 0 Å². The maximum absolute atomic E-state index is 5.75. The number of H-pyrrole nitrogens is 1. The predicted molar refractivity (Wildman–Crippen MR) is 63.3 cm³/mol. The summed E-state index contributed by atoms with van der Waals surface area (Å²) >= 11 is 11.4. The van der Waals surface area contributed by atoms with Crippen LogP contribution in [0, 0.1) is 0 Å². The molecule has 16 heavy (non-hydrogen) atoms. The van der Waals surface area contributed by atoms with Crippen molar-refractivity contribution in [2.24, 2.45) is 0 Å². The summed E-state index contributed by atoms with van der Waals surface area (Å²) in [6.45, 7) is 2.04. The maximum Gasteiger partial charge on any atom is 0.225 e. The van der Waals surface area contributed by atoms with E-state index in [1.165, 1.54) is 0 Å². The van der Waals surface area contributed by atoms with Gasteiger partial charge in [0.05, 0.1) is 0 Å². The molecule has 0 aliphatic heterocycles. The second-order valence-corrected chi connectivity index (χ2v) is 3.83. The Kier molecular flexibility index (Phi) is 3.26. The molecular formula is C9H9Cl2N5. The minimum absolute atomic E-state index is 0.0984. The lowest BCUT2D eigenvalue weighted by atomic mass is 10.3. The van der Waals surface area contributed by atoms with Crippen molar-refractivity contribution in [1.82, 2.24) is 20.2 Å². The monoisotopic (exact) mass is 257 g/mol. The molecule has 84 valence electrons. The van der Waals surface area contributed by atoms with Crippen LogP contribution in [0.3, 0.4) is 0 Å². The zero-order chi connectivity index (χ0) is 11.5. The molecule has 7 heteroatoms. The van der Waals surface area contributed by atoms with Crippen LogP contribution in [0.2, 0.25) is 10.4 Å². The van der Waals surface area contributed by atoms with Crippen molar-refractivity contribution in [1.29, 1.82) is 0 Å². The Morgan fingerprint density at radius 1 is 1.25 bits per heavy atom. The van der Waals surface area contributed by atoms with E-state index in [2.05, 4.69) is 25.5 Å². The average Bonchev–Trinajstić information content (AvgIpc) is 2.64. The highest BCUT2D eigenvalue weighted by Crippen LogP contribution is 2.18. The van der Waals surface area contributed by atoms with Gasteiger partial charge in [-0.2, -0.15) is 5.10 Å². The van der Waals surface area contributed by atoms with E-state index in [4.69, 9.17) is 23.2 Å². The van der Waals surface area contributed by atoms with Gasteiger partial charge in [0.25, 0.3) is 0 Å². The van der Waals surface area contributed by atoms with Gasteiger partial charge >= 0.3 is 0 Å². The standard InChI is InChI=1S/C9H9Cl2N5/c1-2-5-3-8(16-15-5)13-7-4-6(10)12-9(11)14-7/h3-4H,2H2,1H3,(H2,12,13,14,15,16). The smallest absolute Gasteiger partial charge is 0.225 e. The van der Waals surface area contributed by atoms with Gasteiger partial charge in [0.2, 0.25) is 5.28 Å². The lowest BCUT2D eigenvalue weighted by Crippen LogP contribution is -1.95. The summed E-state index contributed by atoms with van der Waals surface area (Å²) in [5.74, 6) is 1.18. The summed E-state index contributed by atoms with van der Waals surface area (Å²) in [6.07, 6.45) is 0.889. The third kappa shape index (κ3) is 2.62. The van der Waals surface area contributed by atoms with Crippen LogP contribution in [0.4, 0.5) is 11.6 Å². The molecule has 2 N–H and O–H groups in total.